The van der Waals surface area contributed by atoms with Gasteiger partial charge in [-0.05, 0) is 31.2 Å². The fourth-order valence-electron chi connectivity index (χ4n) is 5.14. The van der Waals surface area contributed by atoms with Crippen LogP contribution >= 0.6 is 0 Å². The molecular weight excluding hydrogens is 582 g/mol. The Kier molecular flexibility index (Phi) is 12.2. The van der Waals surface area contributed by atoms with Gasteiger partial charge in [0.1, 0.15) is 17.7 Å². The highest BCUT2D eigenvalue weighted by Crippen LogP contribution is 2.29. The molecule has 0 radical (unpaired) electrons. The smallest absolute Gasteiger partial charge is 0.274 e. The number of nitrogens with one attached hydrogen (secondary N) is 3. The number of ketones is 1. The Morgan fingerprint density at radius 3 is 2.31 bits per heavy atom. The molecular formula is C32H45N5O8. The summed E-state index contributed by atoms with van der Waals surface area (Å²) in [6.45, 7) is 9.37. The summed E-state index contributed by atoms with van der Waals surface area (Å²) < 4.78 is 21.3. The number of hydrogen-bond donors (Lipinski definition) is 3. The van der Waals surface area contributed by atoms with E-state index in [4.69, 9.17) is 18.7 Å². The highest BCUT2D eigenvalue weighted by Gasteiger charge is 2.50. The summed E-state index contributed by atoms with van der Waals surface area (Å²) >= 11 is 0. The number of morpholine rings is 1. The largest absolute Gasteiger partial charge is 0.385 e. The topological polar surface area (TPSA) is 165 Å². The number of Topliss-reactive ketones (excluding diaryl/α,β-unsaturated/α-hetero) is 1. The molecule has 2 fully saturated rings. The first-order chi connectivity index (χ1) is 21.6. The number of carbonyl (C=O) groups excluding carboxylic acids is 4. The zero-order valence-corrected chi connectivity index (χ0v) is 26.5. The van der Waals surface area contributed by atoms with Crippen molar-refractivity contribution in [2.45, 2.75) is 70.3 Å². The molecule has 2 aliphatic heterocycles. The number of benzene rings is 1. The molecule has 0 aliphatic carbocycles. The molecule has 246 valence electrons. The third-order valence-corrected chi connectivity index (χ3v) is 7.86. The summed E-state index contributed by atoms with van der Waals surface area (Å²) in [5.41, 5.74) is -0.0584. The number of carbonyl (C=O) groups is 4. The van der Waals surface area contributed by atoms with Crippen molar-refractivity contribution in [1.82, 2.24) is 26.0 Å². The monoisotopic (exact) mass is 627 g/mol. The van der Waals surface area contributed by atoms with Gasteiger partial charge in [0.25, 0.3) is 5.91 Å². The van der Waals surface area contributed by atoms with Gasteiger partial charge in [0.05, 0.1) is 32.4 Å². The van der Waals surface area contributed by atoms with E-state index in [0.717, 1.165) is 18.7 Å². The molecule has 3 N–H and O–H groups in total. The summed E-state index contributed by atoms with van der Waals surface area (Å²) in [6, 6.07) is 7.97. The third kappa shape index (κ3) is 10.2. The number of nitrogens with zero attached hydrogens (tertiary/aromatic N) is 2. The van der Waals surface area contributed by atoms with Crippen LogP contribution in [-0.2, 0) is 41.6 Å². The first-order valence-corrected chi connectivity index (χ1v) is 15.5. The normalized spacial score (nSPS) is 20.2. The first-order valence-electron chi connectivity index (χ1n) is 15.5. The minimum Gasteiger partial charge on any atom is -0.385 e. The van der Waals surface area contributed by atoms with Crippen LogP contribution in [-0.4, -0.2) is 104 Å². The van der Waals surface area contributed by atoms with Gasteiger partial charge in [-0.15, -0.1) is 0 Å². The standard InChI is InChI=1S/C32H45N5O8/c1-21(2)16-25(28(38)32(3)20-44-32)34-30(40)26(17-22-8-6-5-7-9-22)35-29(39)24(10-13-42-4)33-31(41)27-18-23(45-36-27)19-37-11-14-43-15-12-37/h5-9,18,21,24-26H,10-17,19-20H2,1-4H3,(H,33,41)(H,34,40)(H,35,39)/t24-,25-,26-,32-/m0/s1. The number of methoxy groups -OCH3 is 1. The van der Waals surface area contributed by atoms with Crippen LogP contribution in [0.4, 0.5) is 0 Å². The SMILES string of the molecule is COCC[C@H](NC(=O)c1cc(CN2CCOCC2)on1)C(=O)N[C@@H](Cc1ccccc1)C(=O)N[C@@H](CC(C)C)C(=O)[C@]1(C)CO1. The van der Waals surface area contributed by atoms with Crippen molar-refractivity contribution >= 4 is 23.5 Å². The van der Waals surface area contributed by atoms with Gasteiger partial charge >= 0.3 is 0 Å². The molecule has 13 heteroatoms. The van der Waals surface area contributed by atoms with Crippen molar-refractivity contribution in [3.63, 3.8) is 0 Å². The Bertz CT molecular complexity index is 1290. The minimum absolute atomic E-state index is 0.0397. The number of amides is 3. The molecule has 2 saturated heterocycles. The van der Waals surface area contributed by atoms with Gasteiger partial charge in [0, 0.05) is 39.3 Å². The Labute approximate surface area is 263 Å². The lowest BCUT2D eigenvalue weighted by Gasteiger charge is -2.26. The van der Waals surface area contributed by atoms with E-state index in [0.29, 0.717) is 38.5 Å². The zero-order valence-electron chi connectivity index (χ0n) is 26.5. The molecule has 2 aliphatic rings. The van der Waals surface area contributed by atoms with Gasteiger partial charge in [0.15, 0.2) is 17.2 Å². The molecule has 0 bridgehead atoms. The molecule has 4 atom stereocenters. The Morgan fingerprint density at radius 2 is 1.67 bits per heavy atom. The second kappa shape index (κ2) is 16.1. The van der Waals surface area contributed by atoms with Gasteiger partial charge in [-0.25, -0.2) is 0 Å². The number of ether oxygens (including phenoxy) is 3. The number of rotatable bonds is 17. The lowest BCUT2D eigenvalue weighted by Crippen LogP contribution is -2.57. The van der Waals surface area contributed by atoms with E-state index in [1.807, 2.05) is 44.2 Å². The van der Waals surface area contributed by atoms with Gasteiger partial charge in [-0.3, -0.25) is 24.1 Å². The number of hydrogen-bond acceptors (Lipinski definition) is 10. The van der Waals surface area contributed by atoms with Crippen LogP contribution in [0.25, 0.3) is 0 Å². The first kappa shape index (κ1) is 34.2. The Hall–Kier alpha value is -3.65. The van der Waals surface area contributed by atoms with Crippen molar-refractivity contribution in [1.29, 1.82) is 0 Å². The maximum absolute atomic E-state index is 13.7. The van der Waals surface area contributed by atoms with Gasteiger partial charge in [0.2, 0.25) is 11.8 Å². The van der Waals surface area contributed by atoms with Crippen LogP contribution in [0.3, 0.4) is 0 Å². The van der Waals surface area contributed by atoms with E-state index in [-0.39, 0.29) is 36.8 Å². The van der Waals surface area contributed by atoms with Gasteiger partial charge in [-0.1, -0.05) is 49.3 Å². The van der Waals surface area contributed by atoms with Gasteiger partial charge in [-0.2, -0.15) is 0 Å². The molecule has 0 unspecified atom stereocenters. The number of aromatic nitrogens is 1. The fraction of sp³-hybridized carbons (Fsp3) is 0.594. The van der Waals surface area contributed by atoms with E-state index >= 15 is 0 Å². The Balaban J connectivity index is 1.46. The highest BCUT2D eigenvalue weighted by atomic mass is 16.6. The Morgan fingerprint density at radius 1 is 1.00 bits per heavy atom. The lowest BCUT2D eigenvalue weighted by atomic mass is 9.93. The van der Waals surface area contributed by atoms with Crippen molar-refractivity contribution in [2.75, 3.05) is 46.6 Å². The number of epoxide rings is 1. The van der Waals surface area contributed by atoms with Crippen LogP contribution < -0.4 is 16.0 Å². The quantitative estimate of drug-likeness (QED) is 0.218. The molecule has 0 saturated carbocycles. The molecule has 13 nitrogen and oxygen atoms in total. The average Bonchev–Trinajstić information content (AvgIpc) is 3.61. The van der Waals surface area contributed by atoms with E-state index < -0.39 is 41.4 Å². The van der Waals surface area contributed by atoms with E-state index in [2.05, 4.69) is 26.0 Å². The van der Waals surface area contributed by atoms with E-state index in [1.54, 1.807) is 13.0 Å². The van der Waals surface area contributed by atoms with E-state index in [1.165, 1.54) is 7.11 Å². The lowest BCUT2D eigenvalue weighted by molar-refractivity contribution is -0.133. The summed E-state index contributed by atoms with van der Waals surface area (Å²) in [4.78, 5) is 55.8. The molecule has 45 heavy (non-hydrogen) atoms. The van der Waals surface area contributed by atoms with Crippen LogP contribution in [0.1, 0.15) is 55.4 Å². The van der Waals surface area contributed by atoms with Crippen LogP contribution in [0.15, 0.2) is 40.9 Å². The predicted octanol–water partition coefficient (Wildman–Crippen LogP) is 1.26. The second-order valence-electron chi connectivity index (χ2n) is 12.2. The average molecular weight is 628 g/mol. The van der Waals surface area contributed by atoms with Crippen LogP contribution in [0.2, 0.25) is 0 Å². The van der Waals surface area contributed by atoms with Crippen molar-refractivity contribution in [3.8, 4) is 0 Å². The molecule has 3 heterocycles. The minimum atomic E-state index is -1.03. The van der Waals surface area contributed by atoms with Crippen molar-refractivity contribution in [2.24, 2.45) is 5.92 Å². The fourth-order valence-corrected chi connectivity index (χ4v) is 5.14. The van der Waals surface area contributed by atoms with Crippen molar-refractivity contribution < 1.29 is 37.9 Å². The maximum Gasteiger partial charge on any atom is 0.274 e. The van der Waals surface area contributed by atoms with E-state index in [9.17, 15) is 19.2 Å². The molecule has 3 amide bonds. The second-order valence-corrected chi connectivity index (χ2v) is 12.2. The molecule has 4 rings (SSSR count). The summed E-state index contributed by atoms with van der Waals surface area (Å²) in [7, 11) is 1.49. The molecule has 1 aromatic heterocycles. The molecule has 1 aromatic carbocycles. The molecule has 0 spiro atoms. The van der Waals surface area contributed by atoms with Gasteiger partial charge < -0.3 is 34.7 Å². The zero-order chi connectivity index (χ0) is 32.4. The van der Waals surface area contributed by atoms with Crippen molar-refractivity contribution in [3.05, 3.63) is 53.4 Å². The maximum atomic E-state index is 13.7. The van der Waals surface area contributed by atoms with Crippen LogP contribution in [0, 0.1) is 5.92 Å². The van der Waals surface area contributed by atoms with Crippen LogP contribution in [0.5, 0.6) is 0 Å². The summed E-state index contributed by atoms with van der Waals surface area (Å²) in [5, 5.41) is 12.3. The predicted molar refractivity (Wildman–Crippen MR) is 163 cm³/mol. The highest BCUT2D eigenvalue weighted by molar-refractivity contribution is 5.99. The summed E-state index contributed by atoms with van der Waals surface area (Å²) in [5.74, 6) is -1.21. The molecule has 2 aromatic rings. The third-order valence-electron chi connectivity index (χ3n) is 7.86. The summed E-state index contributed by atoms with van der Waals surface area (Å²) in [6.07, 6.45) is 0.748.